The minimum Gasteiger partial charge on any atom is -0.328 e. The van der Waals surface area contributed by atoms with Gasteiger partial charge in [0.1, 0.15) is 6.61 Å². The van der Waals surface area contributed by atoms with E-state index < -0.39 is 13.9 Å². The van der Waals surface area contributed by atoms with E-state index in [1.807, 2.05) is 0 Å². The Morgan fingerprint density at radius 3 is 2.71 bits per heavy atom. The lowest BCUT2D eigenvalue weighted by Crippen LogP contribution is -2.39. The maximum atomic E-state index is 12.3. The molecule has 9 nitrogen and oxygen atoms in total. The average Bonchev–Trinajstić information content (AvgIpc) is 2.81. The zero-order chi connectivity index (χ0) is 15.6. The van der Waals surface area contributed by atoms with E-state index in [-0.39, 0.29) is 18.7 Å². The van der Waals surface area contributed by atoms with Crippen LogP contribution in [0.15, 0.2) is 15.9 Å². The van der Waals surface area contributed by atoms with Crippen molar-refractivity contribution in [3.63, 3.8) is 0 Å². The minimum absolute atomic E-state index is 0.106. The molecule has 114 valence electrons. The highest BCUT2D eigenvalue weighted by Crippen LogP contribution is 2.14. The Hall–Kier alpha value is -1.83. The summed E-state index contributed by atoms with van der Waals surface area (Å²) in [4.78, 5) is 37.0. The molecule has 10 heteroatoms. The molecule has 0 saturated heterocycles. The number of nitrogens with zero attached hydrogens (tertiary/aromatic N) is 4. The van der Waals surface area contributed by atoms with E-state index in [0.29, 0.717) is 24.0 Å². The van der Waals surface area contributed by atoms with Gasteiger partial charge in [0.2, 0.25) is 0 Å². The van der Waals surface area contributed by atoms with Crippen molar-refractivity contribution in [2.24, 2.45) is 14.1 Å². The van der Waals surface area contributed by atoms with Gasteiger partial charge in [-0.25, -0.2) is 9.78 Å². The molecular weight excluding hydrogens is 299 g/mol. The summed E-state index contributed by atoms with van der Waals surface area (Å²) in [6, 6.07) is 0. The molecule has 0 radical (unpaired) electrons. The summed E-state index contributed by atoms with van der Waals surface area (Å²) in [5.74, 6) is 0. The molecule has 1 N–H and O–H groups in total. The third kappa shape index (κ3) is 3.10. The molecule has 2 aromatic rings. The predicted molar refractivity (Wildman–Crippen MR) is 75.2 cm³/mol. The largest absolute Gasteiger partial charge is 0.694 e. The van der Waals surface area contributed by atoms with E-state index in [2.05, 4.69) is 9.51 Å². The molecule has 0 aliphatic carbocycles. The first-order chi connectivity index (χ1) is 9.93. The highest BCUT2D eigenvalue weighted by Gasteiger charge is 2.15. The summed E-state index contributed by atoms with van der Waals surface area (Å²) >= 11 is 0. The van der Waals surface area contributed by atoms with Crippen LogP contribution in [-0.2, 0) is 29.7 Å². The lowest BCUT2D eigenvalue weighted by atomic mass is 10.3. The maximum Gasteiger partial charge on any atom is 0.694 e. The molecule has 2 rings (SSSR count). The molecule has 2 aromatic heterocycles. The third-order valence-corrected chi connectivity index (χ3v) is 3.58. The van der Waals surface area contributed by atoms with Gasteiger partial charge in [-0.2, -0.15) is 0 Å². The van der Waals surface area contributed by atoms with E-state index in [0.717, 1.165) is 4.57 Å². The van der Waals surface area contributed by atoms with Gasteiger partial charge >= 0.3 is 13.9 Å². The Balaban J connectivity index is 2.24. The monoisotopic (exact) mass is 315 g/mol. The standard InChI is InChI=1S/C11H15N4O5P/c1-13-7-12-9-8(13)10(16)15(11(17)14(9)2)5-3-4-6-20-21(18)19/h7H,3-6H2,1-2H3/p+1. The molecule has 1 atom stereocenters. The quantitative estimate of drug-likeness (QED) is 0.588. The fraction of sp³-hybridized carbons (Fsp3) is 0.545. The molecule has 0 saturated carbocycles. The molecule has 0 spiro atoms. The number of unbranched alkanes of at least 4 members (excludes halogenated alkanes) is 1. The molecule has 1 unspecified atom stereocenters. The number of rotatable bonds is 6. The normalized spacial score (nSPS) is 12.0. The summed E-state index contributed by atoms with van der Waals surface area (Å²) in [6.45, 7) is 0.326. The summed E-state index contributed by atoms with van der Waals surface area (Å²) in [5.41, 5.74) is -0.0984. The smallest absolute Gasteiger partial charge is 0.328 e. The second-order valence-corrected chi connectivity index (χ2v) is 5.34. The third-order valence-electron chi connectivity index (χ3n) is 3.18. The van der Waals surface area contributed by atoms with Crippen molar-refractivity contribution in [2.45, 2.75) is 19.4 Å². The van der Waals surface area contributed by atoms with E-state index in [1.165, 1.54) is 10.9 Å². The first kappa shape index (κ1) is 15.6. The van der Waals surface area contributed by atoms with Crippen molar-refractivity contribution in [3.05, 3.63) is 27.2 Å². The van der Waals surface area contributed by atoms with E-state index in [4.69, 9.17) is 4.89 Å². The van der Waals surface area contributed by atoms with Gasteiger partial charge in [-0.3, -0.25) is 13.9 Å². The average molecular weight is 315 g/mol. The summed E-state index contributed by atoms with van der Waals surface area (Å²) < 4.78 is 18.9. The number of aromatic nitrogens is 4. The Morgan fingerprint density at radius 2 is 2.05 bits per heavy atom. The number of hydrogen-bond donors (Lipinski definition) is 1. The van der Waals surface area contributed by atoms with Crippen LogP contribution in [0.3, 0.4) is 0 Å². The Morgan fingerprint density at radius 1 is 1.33 bits per heavy atom. The van der Waals surface area contributed by atoms with E-state index in [1.54, 1.807) is 18.7 Å². The van der Waals surface area contributed by atoms with E-state index >= 15 is 0 Å². The fourth-order valence-electron chi connectivity index (χ4n) is 2.11. The minimum atomic E-state index is -2.61. The Bertz CT molecular complexity index is 790. The van der Waals surface area contributed by atoms with Crippen LogP contribution in [0.4, 0.5) is 0 Å². The summed E-state index contributed by atoms with van der Waals surface area (Å²) in [6.07, 6.45) is 2.45. The van der Waals surface area contributed by atoms with Crippen molar-refractivity contribution in [2.75, 3.05) is 6.61 Å². The molecule has 2 heterocycles. The lowest BCUT2D eigenvalue weighted by molar-refractivity contribution is 0.272. The molecule has 0 amide bonds. The molecule has 0 bridgehead atoms. The number of hydrogen-bond acceptors (Lipinski definition) is 5. The van der Waals surface area contributed by atoms with Gasteiger partial charge in [0.25, 0.3) is 5.56 Å². The fourth-order valence-corrected chi connectivity index (χ4v) is 2.39. The lowest BCUT2D eigenvalue weighted by Gasteiger charge is -2.07. The Labute approximate surface area is 120 Å². The van der Waals surface area contributed by atoms with Gasteiger partial charge in [-0.05, 0) is 12.8 Å². The van der Waals surface area contributed by atoms with Crippen LogP contribution in [0.2, 0.25) is 0 Å². The summed E-state index contributed by atoms with van der Waals surface area (Å²) in [7, 11) is 0.648. The van der Waals surface area contributed by atoms with Crippen LogP contribution in [0.5, 0.6) is 0 Å². The highest BCUT2D eigenvalue weighted by molar-refractivity contribution is 7.32. The van der Waals surface area contributed by atoms with Crippen molar-refractivity contribution in [1.82, 2.24) is 18.7 Å². The van der Waals surface area contributed by atoms with Crippen LogP contribution < -0.4 is 11.2 Å². The molecular formula is C11H16N4O5P+. The first-order valence-electron chi connectivity index (χ1n) is 6.33. The van der Waals surface area contributed by atoms with Gasteiger partial charge in [-0.1, -0.05) is 0 Å². The second kappa shape index (κ2) is 6.30. The van der Waals surface area contributed by atoms with Crippen LogP contribution in [-0.4, -0.2) is 30.2 Å². The maximum absolute atomic E-state index is 12.3. The van der Waals surface area contributed by atoms with Crippen molar-refractivity contribution in [3.8, 4) is 0 Å². The van der Waals surface area contributed by atoms with Gasteiger partial charge in [0, 0.05) is 25.2 Å². The predicted octanol–water partition coefficient (Wildman–Crippen LogP) is -0.120. The number of fused-ring (bicyclic) bond motifs is 1. The van der Waals surface area contributed by atoms with Crippen LogP contribution in [0, 0.1) is 0 Å². The molecule has 0 aliphatic rings. The van der Waals surface area contributed by atoms with Crippen LogP contribution >= 0.6 is 8.25 Å². The summed E-state index contributed by atoms with van der Waals surface area (Å²) in [5, 5.41) is 0. The van der Waals surface area contributed by atoms with Crippen molar-refractivity contribution in [1.29, 1.82) is 0 Å². The van der Waals surface area contributed by atoms with Gasteiger partial charge < -0.3 is 4.57 Å². The zero-order valence-electron chi connectivity index (χ0n) is 11.7. The molecule has 0 aromatic carbocycles. The van der Waals surface area contributed by atoms with Crippen LogP contribution in [0.1, 0.15) is 12.8 Å². The molecule has 21 heavy (non-hydrogen) atoms. The van der Waals surface area contributed by atoms with Gasteiger partial charge in [-0.15, -0.1) is 9.42 Å². The number of aryl methyl sites for hydroxylation is 2. The first-order valence-corrected chi connectivity index (χ1v) is 7.46. The van der Waals surface area contributed by atoms with Crippen molar-refractivity contribution >= 4 is 19.4 Å². The van der Waals surface area contributed by atoms with Gasteiger partial charge in [0.15, 0.2) is 11.2 Å². The highest BCUT2D eigenvalue weighted by atomic mass is 31.1. The van der Waals surface area contributed by atoms with Crippen LogP contribution in [0.25, 0.3) is 11.2 Å². The van der Waals surface area contributed by atoms with Gasteiger partial charge in [0.05, 0.1) is 6.33 Å². The number of imidazole rings is 1. The molecule has 0 fully saturated rings. The van der Waals surface area contributed by atoms with E-state index in [9.17, 15) is 14.2 Å². The zero-order valence-corrected chi connectivity index (χ0v) is 12.6. The van der Waals surface area contributed by atoms with Crippen molar-refractivity contribution < 1.29 is 14.0 Å². The SMILES string of the molecule is Cn1cnc2c1c(=O)n(CCCCO[P+](=O)O)c(=O)n2C. The topological polar surface area (TPSA) is 108 Å². The Kier molecular flexibility index (Phi) is 4.66. The molecule has 0 aliphatic heterocycles. The second-order valence-electron chi connectivity index (χ2n) is 4.60.